The summed E-state index contributed by atoms with van der Waals surface area (Å²) in [5, 5.41) is 6.11. The van der Waals surface area contributed by atoms with Gasteiger partial charge in [0.05, 0.1) is 13.2 Å². The van der Waals surface area contributed by atoms with Gasteiger partial charge in [-0.15, -0.1) is 0 Å². The van der Waals surface area contributed by atoms with Crippen LogP contribution >= 0.6 is 11.6 Å². The number of rotatable bonds is 7. The van der Waals surface area contributed by atoms with E-state index in [2.05, 4.69) is 10.6 Å². The van der Waals surface area contributed by atoms with Gasteiger partial charge in [0.1, 0.15) is 12.4 Å². The average molecular weight is 301 g/mol. The van der Waals surface area contributed by atoms with Gasteiger partial charge in [-0.25, -0.2) is 4.79 Å². The Hall–Kier alpha value is -1.46. The first-order chi connectivity index (χ1) is 9.54. The first-order valence-corrected chi connectivity index (χ1v) is 6.82. The molecule has 2 N–H and O–H groups in total. The van der Waals surface area contributed by atoms with Crippen molar-refractivity contribution >= 4 is 17.6 Å². The highest BCUT2D eigenvalue weighted by molar-refractivity contribution is 6.32. The number of urea groups is 1. The number of carbonyl (C=O) groups is 1. The van der Waals surface area contributed by atoms with Gasteiger partial charge in [-0.2, -0.15) is 0 Å². The van der Waals surface area contributed by atoms with E-state index in [1.807, 2.05) is 26.0 Å². The second kappa shape index (κ2) is 8.66. The Kier molecular flexibility index (Phi) is 7.18. The van der Waals surface area contributed by atoms with Crippen LogP contribution in [0.15, 0.2) is 12.1 Å². The van der Waals surface area contributed by atoms with Crippen LogP contribution in [0.4, 0.5) is 4.79 Å². The second-order valence-electron chi connectivity index (χ2n) is 4.39. The molecule has 0 saturated carbocycles. The molecule has 0 heterocycles. The number of halogens is 1. The zero-order chi connectivity index (χ0) is 15.0. The average Bonchev–Trinajstić information content (AvgIpc) is 2.41. The van der Waals surface area contributed by atoms with Gasteiger partial charge in [-0.3, -0.25) is 0 Å². The molecule has 112 valence electrons. The predicted octanol–water partition coefficient (Wildman–Crippen LogP) is 2.28. The zero-order valence-corrected chi connectivity index (χ0v) is 12.8. The van der Waals surface area contributed by atoms with E-state index in [9.17, 15) is 4.79 Å². The molecule has 0 unspecified atom stereocenters. The molecule has 1 aromatic rings. The molecule has 0 radical (unpaired) electrons. The van der Waals surface area contributed by atoms with E-state index in [1.165, 1.54) is 0 Å². The number of hydrogen-bond acceptors (Lipinski definition) is 3. The van der Waals surface area contributed by atoms with Crippen LogP contribution < -0.4 is 15.4 Å². The van der Waals surface area contributed by atoms with E-state index in [4.69, 9.17) is 21.1 Å². The first-order valence-electron chi connectivity index (χ1n) is 6.44. The number of carbonyl (C=O) groups excluding carboxylic acids is 1. The minimum Gasteiger partial charge on any atom is -0.492 e. The molecule has 0 atom stereocenters. The van der Waals surface area contributed by atoms with Crippen LogP contribution in [0.2, 0.25) is 5.02 Å². The molecule has 0 aliphatic carbocycles. The van der Waals surface area contributed by atoms with Crippen LogP contribution in [-0.2, 0) is 4.74 Å². The largest absolute Gasteiger partial charge is 0.492 e. The summed E-state index contributed by atoms with van der Waals surface area (Å²) in [6.45, 7) is 5.68. The molecular weight excluding hydrogens is 280 g/mol. The molecule has 0 saturated heterocycles. The number of ether oxygens (including phenoxy) is 2. The van der Waals surface area contributed by atoms with E-state index >= 15 is 0 Å². The Balaban J connectivity index is 2.26. The van der Waals surface area contributed by atoms with Crippen LogP contribution in [0.5, 0.6) is 5.75 Å². The summed E-state index contributed by atoms with van der Waals surface area (Å²) >= 11 is 6.08. The van der Waals surface area contributed by atoms with E-state index in [0.29, 0.717) is 26.3 Å². The Morgan fingerprint density at radius 1 is 1.15 bits per heavy atom. The third-order valence-electron chi connectivity index (χ3n) is 2.66. The maximum atomic E-state index is 11.3. The van der Waals surface area contributed by atoms with Gasteiger partial charge in [0.25, 0.3) is 0 Å². The topological polar surface area (TPSA) is 59.6 Å². The van der Waals surface area contributed by atoms with Crippen LogP contribution in [0.1, 0.15) is 11.1 Å². The monoisotopic (exact) mass is 300 g/mol. The minimum absolute atomic E-state index is 0.228. The van der Waals surface area contributed by atoms with Crippen molar-refractivity contribution in [2.45, 2.75) is 13.8 Å². The van der Waals surface area contributed by atoms with Crippen molar-refractivity contribution in [2.75, 3.05) is 33.4 Å². The fourth-order valence-electron chi connectivity index (χ4n) is 1.65. The highest BCUT2D eigenvalue weighted by Crippen LogP contribution is 2.25. The van der Waals surface area contributed by atoms with Crippen molar-refractivity contribution in [3.8, 4) is 5.75 Å². The summed E-state index contributed by atoms with van der Waals surface area (Å²) in [4.78, 5) is 11.3. The number of aryl methyl sites for hydroxylation is 2. The molecule has 6 heteroatoms. The summed E-state index contributed by atoms with van der Waals surface area (Å²) < 4.78 is 10.4. The lowest BCUT2D eigenvalue weighted by molar-refractivity contribution is 0.195. The van der Waals surface area contributed by atoms with Gasteiger partial charge < -0.3 is 20.1 Å². The molecule has 1 aromatic carbocycles. The molecule has 0 fully saturated rings. The molecule has 20 heavy (non-hydrogen) atoms. The zero-order valence-electron chi connectivity index (χ0n) is 12.1. The summed E-state index contributed by atoms with van der Waals surface area (Å²) in [6, 6.07) is 3.54. The van der Waals surface area contributed by atoms with E-state index < -0.39 is 0 Å². The highest BCUT2D eigenvalue weighted by Gasteiger charge is 2.04. The molecular formula is C14H21ClN2O3. The standard InChI is InChI=1S/C14H21ClN2O3/c1-10-8-12(9-11(2)13(10)15)20-7-5-17-14(18)16-4-6-19-3/h8-9H,4-7H2,1-3H3,(H2,16,17,18). The molecule has 0 aliphatic rings. The molecule has 2 amide bonds. The number of hydrogen-bond donors (Lipinski definition) is 2. The highest BCUT2D eigenvalue weighted by atomic mass is 35.5. The normalized spacial score (nSPS) is 10.2. The second-order valence-corrected chi connectivity index (χ2v) is 4.77. The summed E-state index contributed by atoms with van der Waals surface area (Å²) in [5.41, 5.74) is 1.96. The van der Waals surface area contributed by atoms with Crippen LogP contribution in [0.3, 0.4) is 0 Å². The minimum atomic E-state index is -0.228. The van der Waals surface area contributed by atoms with Crippen molar-refractivity contribution < 1.29 is 14.3 Å². The van der Waals surface area contributed by atoms with Gasteiger partial charge in [0.15, 0.2) is 0 Å². The van der Waals surface area contributed by atoms with Gasteiger partial charge in [0, 0.05) is 18.7 Å². The third kappa shape index (κ3) is 5.67. The maximum Gasteiger partial charge on any atom is 0.314 e. The number of amides is 2. The van der Waals surface area contributed by atoms with Crippen LogP contribution in [-0.4, -0.2) is 39.4 Å². The van der Waals surface area contributed by atoms with E-state index in [0.717, 1.165) is 21.9 Å². The SMILES string of the molecule is COCCNC(=O)NCCOc1cc(C)c(Cl)c(C)c1. The summed E-state index contributed by atoms with van der Waals surface area (Å²) in [6.07, 6.45) is 0. The number of benzene rings is 1. The van der Waals surface area contributed by atoms with Crippen molar-refractivity contribution in [3.63, 3.8) is 0 Å². The van der Waals surface area contributed by atoms with Gasteiger partial charge in [-0.1, -0.05) is 11.6 Å². The molecule has 1 rings (SSSR count). The lowest BCUT2D eigenvalue weighted by atomic mass is 10.1. The smallest absolute Gasteiger partial charge is 0.314 e. The fourth-order valence-corrected chi connectivity index (χ4v) is 1.76. The van der Waals surface area contributed by atoms with Crippen molar-refractivity contribution in [3.05, 3.63) is 28.3 Å². The third-order valence-corrected chi connectivity index (χ3v) is 3.25. The van der Waals surface area contributed by atoms with Gasteiger partial charge in [-0.05, 0) is 37.1 Å². The summed E-state index contributed by atoms with van der Waals surface area (Å²) in [5.74, 6) is 0.756. The Labute approximate surface area is 124 Å². The lowest BCUT2D eigenvalue weighted by Gasteiger charge is -2.11. The Bertz CT molecular complexity index is 429. The van der Waals surface area contributed by atoms with Crippen molar-refractivity contribution in [2.24, 2.45) is 0 Å². The number of methoxy groups -OCH3 is 1. The van der Waals surface area contributed by atoms with E-state index in [-0.39, 0.29) is 6.03 Å². The van der Waals surface area contributed by atoms with Crippen molar-refractivity contribution in [1.29, 1.82) is 0 Å². The molecule has 0 spiro atoms. The van der Waals surface area contributed by atoms with Gasteiger partial charge >= 0.3 is 6.03 Å². The molecule has 0 bridgehead atoms. The van der Waals surface area contributed by atoms with Crippen molar-refractivity contribution in [1.82, 2.24) is 10.6 Å². The van der Waals surface area contributed by atoms with Gasteiger partial charge in [0.2, 0.25) is 0 Å². The molecule has 0 aromatic heterocycles. The Morgan fingerprint density at radius 3 is 2.25 bits per heavy atom. The molecule has 5 nitrogen and oxygen atoms in total. The maximum absolute atomic E-state index is 11.3. The fraction of sp³-hybridized carbons (Fsp3) is 0.500. The first kappa shape index (κ1) is 16.6. The predicted molar refractivity (Wildman–Crippen MR) is 79.7 cm³/mol. The summed E-state index contributed by atoms with van der Waals surface area (Å²) in [7, 11) is 1.59. The van der Waals surface area contributed by atoms with Crippen LogP contribution in [0, 0.1) is 13.8 Å². The quantitative estimate of drug-likeness (QED) is 0.760. The van der Waals surface area contributed by atoms with E-state index in [1.54, 1.807) is 7.11 Å². The Morgan fingerprint density at radius 2 is 1.70 bits per heavy atom. The molecule has 0 aliphatic heterocycles. The number of nitrogens with one attached hydrogen (secondary N) is 2. The lowest BCUT2D eigenvalue weighted by Crippen LogP contribution is -2.39. The van der Waals surface area contributed by atoms with Crippen LogP contribution in [0.25, 0.3) is 0 Å².